The van der Waals surface area contributed by atoms with E-state index in [0.717, 1.165) is 4.68 Å². The molecule has 0 spiro atoms. The SMILES string of the molecule is O=CNc1cccc(-n2nc(C(F)(F)F)cc2C(=O)Nc2ccccc2N2CCOC(F)C2)c1. The summed E-state index contributed by atoms with van der Waals surface area (Å²) >= 11 is 0. The molecule has 2 amide bonds. The van der Waals surface area contributed by atoms with E-state index in [9.17, 15) is 27.2 Å². The Balaban J connectivity index is 1.70. The monoisotopic (exact) mass is 477 g/mol. The molecule has 0 aliphatic carbocycles. The van der Waals surface area contributed by atoms with Gasteiger partial charge < -0.3 is 20.3 Å². The van der Waals surface area contributed by atoms with Crippen molar-refractivity contribution in [3.63, 3.8) is 0 Å². The first-order valence-corrected chi connectivity index (χ1v) is 10.1. The van der Waals surface area contributed by atoms with E-state index in [-0.39, 0.29) is 24.5 Å². The van der Waals surface area contributed by atoms with Crippen LogP contribution in [0.4, 0.5) is 34.6 Å². The highest BCUT2D eigenvalue weighted by Gasteiger charge is 2.36. The van der Waals surface area contributed by atoms with E-state index < -0.39 is 24.1 Å². The van der Waals surface area contributed by atoms with Gasteiger partial charge in [0.2, 0.25) is 12.8 Å². The molecule has 1 aliphatic rings. The second-order valence-electron chi connectivity index (χ2n) is 7.34. The molecule has 0 radical (unpaired) electrons. The highest BCUT2D eigenvalue weighted by molar-refractivity contribution is 6.05. The Morgan fingerprint density at radius 2 is 1.94 bits per heavy atom. The number of carbonyl (C=O) groups is 2. The van der Waals surface area contributed by atoms with Crippen molar-refractivity contribution in [3.05, 3.63) is 66.0 Å². The summed E-state index contributed by atoms with van der Waals surface area (Å²) in [5.41, 5.74) is -0.403. The van der Waals surface area contributed by atoms with Gasteiger partial charge in [0, 0.05) is 18.3 Å². The molecular weight excluding hydrogens is 458 g/mol. The summed E-state index contributed by atoms with van der Waals surface area (Å²) in [6.07, 6.45) is -5.87. The molecule has 0 saturated carbocycles. The number of anilines is 3. The number of morpholine rings is 1. The average Bonchev–Trinajstić information content (AvgIpc) is 3.26. The zero-order valence-electron chi connectivity index (χ0n) is 17.6. The summed E-state index contributed by atoms with van der Waals surface area (Å²) in [5, 5.41) is 8.59. The quantitative estimate of drug-likeness (QED) is 0.416. The molecule has 8 nitrogen and oxygen atoms in total. The van der Waals surface area contributed by atoms with Gasteiger partial charge in [0.15, 0.2) is 5.69 Å². The van der Waals surface area contributed by atoms with Crippen molar-refractivity contribution in [2.24, 2.45) is 0 Å². The molecule has 1 fully saturated rings. The summed E-state index contributed by atoms with van der Waals surface area (Å²) in [7, 11) is 0. The molecular formula is C22H19F4N5O3. The van der Waals surface area contributed by atoms with E-state index in [1.807, 2.05) is 0 Å². The van der Waals surface area contributed by atoms with Crippen molar-refractivity contribution in [1.29, 1.82) is 0 Å². The van der Waals surface area contributed by atoms with Crippen LogP contribution in [0.1, 0.15) is 16.2 Å². The number of hydrogen-bond donors (Lipinski definition) is 2. The van der Waals surface area contributed by atoms with Crippen LogP contribution in [0.5, 0.6) is 0 Å². The molecule has 0 bridgehead atoms. The fourth-order valence-electron chi connectivity index (χ4n) is 3.54. The van der Waals surface area contributed by atoms with Crippen LogP contribution in [-0.4, -0.2) is 48.2 Å². The molecule has 178 valence electrons. The van der Waals surface area contributed by atoms with E-state index in [1.165, 1.54) is 24.3 Å². The number of amides is 2. The smallest absolute Gasteiger partial charge is 0.362 e. The van der Waals surface area contributed by atoms with Gasteiger partial charge in [-0.15, -0.1) is 0 Å². The predicted octanol–water partition coefficient (Wildman–Crippen LogP) is 3.84. The van der Waals surface area contributed by atoms with Crippen molar-refractivity contribution in [1.82, 2.24) is 9.78 Å². The molecule has 3 aromatic rings. The minimum absolute atomic E-state index is 0.0560. The lowest BCUT2D eigenvalue weighted by molar-refractivity contribution is -0.141. The number of nitrogens with one attached hydrogen (secondary N) is 2. The van der Waals surface area contributed by atoms with Gasteiger partial charge in [0.05, 0.1) is 30.2 Å². The van der Waals surface area contributed by atoms with Crippen molar-refractivity contribution in [2.75, 3.05) is 35.2 Å². The van der Waals surface area contributed by atoms with Gasteiger partial charge in [-0.3, -0.25) is 9.59 Å². The summed E-state index contributed by atoms with van der Waals surface area (Å²) in [4.78, 5) is 25.5. The molecule has 1 atom stereocenters. The first-order valence-electron chi connectivity index (χ1n) is 10.1. The number of para-hydroxylation sites is 2. The summed E-state index contributed by atoms with van der Waals surface area (Å²) in [6.45, 7) is 0.468. The van der Waals surface area contributed by atoms with Crippen LogP contribution in [0.2, 0.25) is 0 Å². The topological polar surface area (TPSA) is 88.5 Å². The molecule has 1 unspecified atom stereocenters. The molecule has 4 rings (SSSR count). The average molecular weight is 477 g/mol. The van der Waals surface area contributed by atoms with Crippen LogP contribution < -0.4 is 15.5 Å². The molecule has 34 heavy (non-hydrogen) atoms. The maximum Gasteiger partial charge on any atom is 0.435 e. The molecule has 1 aromatic heterocycles. The largest absolute Gasteiger partial charge is 0.435 e. The molecule has 2 heterocycles. The molecule has 1 saturated heterocycles. The number of ether oxygens (including phenoxy) is 1. The molecule has 12 heteroatoms. The van der Waals surface area contributed by atoms with Crippen LogP contribution in [0.3, 0.4) is 0 Å². The number of aromatic nitrogens is 2. The highest BCUT2D eigenvalue weighted by atomic mass is 19.4. The maximum absolute atomic E-state index is 13.7. The lowest BCUT2D eigenvalue weighted by atomic mass is 10.2. The number of carbonyl (C=O) groups excluding carboxylic acids is 2. The normalized spacial score (nSPS) is 16.2. The number of nitrogens with zero attached hydrogens (tertiary/aromatic N) is 3. The molecule has 2 N–H and O–H groups in total. The van der Waals surface area contributed by atoms with Crippen LogP contribution in [0.25, 0.3) is 5.69 Å². The van der Waals surface area contributed by atoms with E-state index in [0.29, 0.717) is 36.1 Å². The van der Waals surface area contributed by atoms with Crippen molar-refractivity contribution < 1.29 is 31.9 Å². The van der Waals surface area contributed by atoms with Crippen molar-refractivity contribution >= 4 is 29.4 Å². The van der Waals surface area contributed by atoms with Gasteiger partial charge in [-0.1, -0.05) is 18.2 Å². The Hall–Kier alpha value is -3.93. The third kappa shape index (κ3) is 5.01. The maximum atomic E-state index is 13.7. The van der Waals surface area contributed by atoms with Gasteiger partial charge >= 0.3 is 6.18 Å². The summed E-state index contributed by atoms with van der Waals surface area (Å²) < 4.78 is 59.7. The Kier molecular flexibility index (Phi) is 6.50. The standard InChI is InChI=1S/C22H19F4N5O3/c23-20-12-30(8-9-34-20)17-7-2-1-6-16(17)28-21(33)18-11-19(22(24,25)26)29-31(18)15-5-3-4-14(10-15)27-13-32/h1-7,10-11,13,20H,8-9,12H2,(H,27,32)(H,28,33). The number of hydrogen-bond acceptors (Lipinski definition) is 5. The Labute approximate surface area is 191 Å². The predicted molar refractivity (Wildman–Crippen MR) is 116 cm³/mol. The number of benzene rings is 2. The number of alkyl halides is 4. The number of halogens is 4. The fraction of sp³-hybridized carbons (Fsp3) is 0.227. The minimum atomic E-state index is -4.79. The third-order valence-electron chi connectivity index (χ3n) is 5.07. The van der Waals surface area contributed by atoms with E-state index in [1.54, 1.807) is 29.2 Å². The lowest BCUT2D eigenvalue weighted by Crippen LogP contribution is -2.41. The van der Waals surface area contributed by atoms with Gasteiger partial charge in [-0.25, -0.2) is 9.07 Å². The first-order chi connectivity index (χ1) is 16.3. The van der Waals surface area contributed by atoms with Crippen LogP contribution in [0.15, 0.2) is 54.6 Å². The highest BCUT2D eigenvalue weighted by Crippen LogP contribution is 2.32. The molecule has 1 aliphatic heterocycles. The van der Waals surface area contributed by atoms with E-state index in [4.69, 9.17) is 4.74 Å². The van der Waals surface area contributed by atoms with E-state index in [2.05, 4.69) is 15.7 Å². The van der Waals surface area contributed by atoms with Gasteiger partial charge in [0.25, 0.3) is 5.91 Å². The van der Waals surface area contributed by atoms with Gasteiger partial charge in [0.1, 0.15) is 5.69 Å². The van der Waals surface area contributed by atoms with Crippen molar-refractivity contribution in [2.45, 2.75) is 12.5 Å². The second-order valence-corrected chi connectivity index (χ2v) is 7.34. The van der Waals surface area contributed by atoms with Crippen LogP contribution >= 0.6 is 0 Å². The lowest BCUT2D eigenvalue weighted by Gasteiger charge is -2.32. The van der Waals surface area contributed by atoms with Crippen LogP contribution in [-0.2, 0) is 15.7 Å². The fourth-order valence-corrected chi connectivity index (χ4v) is 3.54. The molecule has 2 aromatic carbocycles. The third-order valence-corrected chi connectivity index (χ3v) is 5.07. The zero-order chi connectivity index (χ0) is 24.3. The Morgan fingerprint density at radius 3 is 2.68 bits per heavy atom. The Morgan fingerprint density at radius 1 is 1.15 bits per heavy atom. The second kappa shape index (κ2) is 9.51. The first kappa shape index (κ1) is 23.2. The van der Waals surface area contributed by atoms with Crippen molar-refractivity contribution in [3.8, 4) is 5.69 Å². The van der Waals surface area contributed by atoms with Gasteiger partial charge in [-0.2, -0.15) is 18.3 Å². The number of rotatable bonds is 6. The van der Waals surface area contributed by atoms with Crippen LogP contribution in [0, 0.1) is 0 Å². The summed E-state index contributed by atoms with van der Waals surface area (Å²) in [6, 6.07) is 13.1. The Bertz CT molecular complexity index is 1200. The minimum Gasteiger partial charge on any atom is -0.362 e. The zero-order valence-corrected chi connectivity index (χ0v) is 17.6. The van der Waals surface area contributed by atoms with Gasteiger partial charge in [-0.05, 0) is 30.3 Å². The summed E-state index contributed by atoms with van der Waals surface area (Å²) in [5.74, 6) is -0.853. The van der Waals surface area contributed by atoms with E-state index >= 15 is 0 Å².